The van der Waals surface area contributed by atoms with Gasteiger partial charge in [0.15, 0.2) is 0 Å². The summed E-state index contributed by atoms with van der Waals surface area (Å²) in [4.78, 5) is 23.7. The first-order valence-electron chi connectivity index (χ1n) is 7.23. The Hall–Kier alpha value is -1.69. The molecule has 0 fully saturated rings. The zero-order valence-corrected chi connectivity index (χ0v) is 14.3. The molecule has 1 N–H and O–H groups in total. The van der Waals surface area contributed by atoms with Gasteiger partial charge in [-0.1, -0.05) is 0 Å². The molecule has 6 heteroatoms. The predicted octanol–water partition coefficient (Wildman–Crippen LogP) is 3.10. The van der Waals surface area contributed by atoms with Crippen molar-refractivity contribution < 1.29 is 19.1 Å². The molecule has 1 aromatic carbocycles. The van der Waals surface area contributed by atoms with E-state index in [2.05, 4.69) is 5.32 Å². The van der Waals surface area contributed by atoms with E-state index in [4.69, 9.17) is 9.47 Å². The average molecular weight is 325 g/mol. The van der Waals surface area contributed by atoms with Crippen LogP contribution in [0.5, 0.6) is 5.75 Å². The van der Waals surface area contributed by atoms with Crippen LogP contribution in [-0.2, 0) is 14.3 Å². The highest BCUT2D eigenvalue weighted by molar-refractivity contribution is 8.02. The summed E-state index contributed by atoms with van der Waals surface area (Å²) in [5, 5.41) is 2.79. The van der Waals surface area contributed by atoms with Gasteiger partial charge >= 0.3 is 5.97 Å². The van der Waals surface area contributed by atoms with Gasteiger partial charge in [-0.2, -0.15) is 0 Å². The van der Waals surface area contributed by atoms with Crippen LogP contribution in [0.15, 0.2) is 24.3 Å². The van der Waals surface area contributed by atoms with Gasteiger partial charge in [-0.25, -0.2) is 0 Å². The Morgan fingerprint density at radius 1 is 1.14 bits per heavy atom. The summed E-state index contributed by atoms with van der Waals surface area (Å²) in [5.74, 6) is 0.470. The first kappa shape index (κ1) is 18.4. The van der Waals surface area contributed by atoms with Gasteiger partial charge in [0.2, 0.25) is 5.91 Å². The number of hydrogen-bond acceptors (Lipinski definition) is 5. The largest absolute Gasteiger partial charge is 0.494 e. The number of nitrogens with one attached hydrogen (secondary N) is 1. The Morgan fingerprint density at radius 2 is 1.77 bits per heavy atom. The average Bonchev–Trinajstić information content (AvgIpc) is 2.48. The van der Waals surface area contributed by atoms with Crippen LogP contribution < -0.4 is 10.1 Å². The third kappa shape index (κ3) is 5.97. The molecule has 0 unspecified atom stereocenters. The molecule has 0 aliphatic carbocycles. The molecule has 0 atom stereocenters. The van der Waals surface area contributed by atoms with Gasteiger partial charge in [0.25, 0.3) is 0 Å². The highest BCUT2D eigenvalue weighted by Crippen LogP contribution is 2.26. The standard InChI is InChI=1S/C16H23NO4S/c1-5-20-13-9-7-12(8-10-13)17-14(18)11-22-16(3,4)15(19)21-6-2/h7-10H,5-6,11H2,1-4H3,(H,17,18). The predicted molar refractivity (Wildman–Crippen MR) is 89.4 cm³/mol. The summed E-state index contributed by atoms with van der Waals surface area (Å²) in [6.45, 7) is 8.11. The zero-order chi connectivity index (χ0) is 16.6. The van der Waals surface area contributed by atoms with E-state index in [9.17, 15) is 9.59 Å². The Morgan fingerprint density at radius 3 is 2.32 bits per heavy atom. The van der Waals surface area contributed by atoms with Crippen molar-refractivity contribution in [3.63, 3.8) is 0 Å². The van der Waals surface area contributed by atoms with Crippen molar-refractivity contribution in [2.75, 3.05) is 24.3 Å². The Bertz CT molecular complexity index is 499. The smallest absolute Gasteiger partial charge is 0.321 e. The highest BCUT2D eigenvalue weighted by Gasteiger charge is 2.30. The lowest BCUT2D eigenvalue weighted by Gasteiger charge is -2.21. The first-order chi connectivity index (χ1) is 10.4. The van der Waals surface area contributed by atoms with Crippen LogP contribution >= 0.6 is 11.8 Å². The topological polar surface area (TPSA) is 64.6 Å². The number of thioether (sulfide) groups is 1. The van der Waals surface area contributed by atoms with Crippen LogP contribution in [0, 0.1) is 0 Å². The molecular weight excluding hydrogens is 302 g/mol. The van der Waals surface area contributed by atoms with E-state index in [1.54, 1.807) is 45.0 Å². The molecule has 0 aromatic heterocycles. The van der Waals surface area contributed by atoms with Gasteiger partial charge in [-0.3, -0.25) is 9.59 Å². The maximum absolute atomic E-state index is 11.9. The highest BCUT2D eigenvalue weighted by atomic mass is 32.2. The molecule has 0 radical (unpaired) electrons. The number of rotatable bonds is 8. The Balaban J connectivity index is 2.47. The molecule has 22 heavy (non-hydrogen) atoms. The monoisotopic (exact) mass is 325 g/mol. The van der Waals surface area contributed by atoms with Gasteiger partial charge in [0.1, 0.15) is 10.5 Å². The Labute approximate surface area is 135 Å². The number of carbonyl (C=O) groups is 2. The lowest BCUT2D eigenvalue weighted by Crippen LogP contribution is -2.32. The third-order valence-electron chi connectivity index (χ3n) is 2.78. The maximum atomic E-state index is 11.9. The molecule has 0 aliphatic rings. The van der Waals surface area contributed by atoms with Crippen molar-refractivity contribution in [1.29, 1.82) is 0 Å². The molecule has 0 heterocycles. The van der Waals surface area contributed by atoms with Crippen LogP contribution in [-0.4, -0.2) is 35.6 Å². The summed E-state index contributed by atoms with van der Waals surface area (Å²) in [6, 6.07) is 7.16. The second-order valence-corrected chi connectivity index (χ2v) is 6.62. The van der Waals surface area contributed by atoms with Crippen molar-refractivity contribution in [2.24, 2.45) is 0 Å². The van der Waals surface area contributed by atoms with Crippen LogP contribution in [0.4, 0.5) is 5.69 Å². The number of benzene rings is 1. The van der Waals surface area contributed by atoms with Crippen LogP contribution in [0.25, 0.3) is 0 Å². The van der Waals surface area contributed by atoms with E-state index >= 15 is 0 Å². The summed E-state index contributed by atoms with van der Waals surface area (Å²) in [6.07, 6.45) is 0. The van der Waals surface area contributed by atoms with Crippen molar-refractivity contribution >= 4 is 29.3 Å². The number of anilines is 1. The number of hydrogen-bond donors (Lipinski definition) is 1. The van der Waals surface area contributed by atoms with E-state index in [-0.39, 0.29) is 17.6 Å². The van der Waals surface area contributed by atoms with Crippen LogP contribution in [0.3, 0.4) is 0 Å². The second-order valence-electron chi connectivity index (χ2n) is 5.03. The van der Waals surface area contributed by atoms with Gasteiger partial charge in [-0.05, 0) is 52.0 Å². The maximum Gasteiger partial charge on any atom is 0.321 e. The lowest BCUT2D eigenvalue weighted by atomic mass is 10.2. The summed E-state index contributed by atoms with van der Waals surface area (Å²) in [7, 11) is 0. The van der Waals surface area contributed by atoms with Crippen LogP contribution in [0.1, 0.15) is 27.7 Å². The normalized spacial score (nSPS) is 10.9. The molecule has 0 spiro atoms. The van der Waals surface area contributed by atoms with E-state index in [1.807, 2.05) is 6.92 Å². The lowest BCUT2D eigenvalue weighted by molar-refractivity contribution is -0.145. The SMILES string of the molecule is CCOC(=O)C(C)(C)SCC(=O)Nc1ccc(OCC)cc1. The van der Waals surface area contributed by atoms with Crippen molar-refractivity contribution in [3.05, 3.63) is 24.3 Å². The van der Waals surface area contributed by atoms with Crippen molar-refractivity contribution in [3.8, 4) is 5.75 Å². The van der Waals surface area contributed by atoms with Crippen molar-refractivity contribution in [2.45, 2.75) is 32.4 Å². The number of ether oxygens (including phenoxy) is 2. The zero-order valence-electron chi connectivity index (χ0n) is 13.5. The number of carbonyl (C=O) groups excluding carboxylic acids is 2. The van der Waals surface area contributed by atoms with E-state index in [0.29, 0.717) is 18.9 Å². The molecule has 0 saturated heterocycles. The fourth-order valence-corrected chi connectivity index (χ4v) is 2.35. The summed E-state index contributed by atoms with van der Waals surface area (Å²) in [5.41, 5.74) is 0.697. The molecule has 0 saturated carbocycles. The number of amides is 1. The summed E-state index contributed by atoms with van der Waals surface area (Å²) >= 11 is 1.25. The second kappa shape index (κ2) is 8.68. The van der Waals surface area contributed by atoms with Crippen LogP contribution in [0.2, 0.25) is 0 Å². The van der Waals surface area contributed by atoms with Gasteiger partial charge in [0.05, 0.1) is 19.0 Å². The van der Waals surface area contributed by atoms with Crippen molar-refractivity contribution in [1.82, 2.24) is 0 Å². The molecular formula is C16H23NO4S. The minimum Gasteiger partial charge on any atom is -0.494 e. The van der Waals surface area contributed by atoms with E-state index < -0.39 is 4.75 Å². The molecule has 1 aromatic rings. The fourth-order valence-electron chi connectivity index (χ4n) is 1.61. The quantitative estimate of drug-likeness (QED) is 0.744. The minimum atomic E-state index is -0.744. The number of esters is 1. The Kier molecular flexibility index (Phi) is 7.24. The van der Waals surface area contributed by atoms with E-state index in [0.717, 1.165) is 5.75 Å². The molecule has 1 amide bonds. The summed E-state index contributed by atoms with van der Waals surface area (Å²) < 4.78 is 9.58. The van der Waals surface area contributed by atoms with Gasteiger partial charge in [-0.15, -0.1) is 11.8 Å². The fraction of sp³-hybridized carbons (Fsp3) is 0.500. The molecule has 1 rings (SSSR count). The molecule has 0 bridgehead atoms. The molecule has 0 aliphatic heterocycles. The van der Waals surface area contributed by atoms with E-state index in [1.165, 1.54) is 11.8 Å². The minimum absolute atomic E-state index is 0.161. The van der Waals surface area contributed by atoms with Gasteiger partial charge in [0, 0.05) is 5.69 Å². The molecule has 122 valence electrons. The molecule has 5 nitrogen and oxygen atoms in total. The van der Waals surface area contributed by atoms with Gasteiger partial charge < -0.3 is 14.8 Å². The first-order valence-corrected chi connectivity index (χ1v) is 8.21. The third-order valence-corrected chi connectivity index (χ3v) is 4.08.